The standard InChI is InChI=1S/C15H21NO4S/c1-2-12-7-9-13(10-8-12)21(19,20)16-11-5-3-4-6-14(16)15(17)18/h7-10,14H,2-6,11H2,1H3,(H,17,18). The molecule has 0 amide bonds. The molecule has 1 aliphatic heterocycles. The number of carbonyl (C=O) groups is 1. The van der Waals surface area contributed by atoms with Crippen LogP contribution in [0.3, 0.4) is 0 Å². The third kappa shape index (κ3) is 3.44. The zero-order chi connectivity index (χ0) is 15.5. The Balaban J connectivity index is 2.36. The van der Waals surface area contributed by atoms with E-state index in [1.165, 1.54) is 0 Å². The molecule has 0 aliphatic carbocycles. The van der Waals surface area contributed by atoms with Crippen LogP contribution in [0.2, 0.25) is 0 Å². The molecule has 0 spiro atoms. The summed E-state index contributed by atoms with van der Waals surface area (Å²) >= 11 is 0. The predicted molar refractivity (Wildman–Crippen MR) is 79.6 cm³/mol. The van der Waals surface area contributed by atoms with Gasteiger partial charge in [0.15, 0.2) is 0 Å². The van der Waals surface area contributed by atoms with Crippen molar-refractivity contribution in [2.24, 2.45) is 0 Å². The summed E-state index contributed by atoms with van der Waals surface area (Å²) in [7, 11) is -3.75. The van der Waals surface area contributed by atoms with Gasteiger partial charge in [0.05, 0.1) is 4.90 Å². The topological polar surface area (TPSA) is 74.7 Å². The minimum atomic E-state index is -3.75. The fourth-order valence-electron chi connectivity index (χ4n) is 2.65. The Morgan fingerprint density at radius 3 is 2.48 bits per heavy atom. The highest BCUT2D eigenvalue weighted by atomic mass is 32.2. The van der Waals surface area contributed by atoms with Crippen LogP contribution in [0, 0.1) is 0 Å². The van der Waals surface area contributed by atoms with E-state index in [1.54, 1.807) is 24.3 Å². The van der Waals surface area contributed by atoms with Gasteiger partial charge in [-0.2, -0.15) is 4.31 Å². The molecule has 1 heterocycles. The Kier molecular flexibility index (Phi) is 5.00. The number of aliphatic carboxylic acids is 1. The average molecular weight is 311 g/mol. The largest absolute Gasteiger partial charge is 0.480 e. The number of nitrogens with zero attached hydrogens (tertiary/aromatic N) is 1. The molecule has 6 heteroatoms. The van der Waals surface area contributed by atoms with Gasteiger partial charge in [0.25, 0.3) is 0 Å². The van der Waals surface area contributed by atoms with Gasteiger partial charge in [0.1, 0.15) is 6.04 Å². The van der Waals surface area contributed by atoms with E-state index in [0.29, 0.717) is 12.8 Å². The number of sulfonamides is 1. The number of rotatable bonds is 4. The summed E-state index contributed by atoms with van der Waals surface area (Å²) in [4.78, 5) is 11.6. The minimum Gasteiger partial charge on any atom is -0.480 e. The summed E-state index contributed by atoms with van der Waals surface area (Å²) in [5, 5.41) is 9.32. The van der Waals surface area contributed by atoms with E-state index in [-0.39, 0.29) is 11.4 Å². The molecule has 0 bridgehead atoms. The second-order valence-corrected chi connectivity index (χ2v) is 7.21. The van der Waals surface area contributed by atoms with E-state index in [1.807, 2.05) is 6.92 Å². The van der Waals surface area contributed by atoms with Crippen molar-refractivity contribution in [3.63, 3.8) is 0 Å². The molecule has 0 radical (unpaired) electrons. The van der Waals surface area contributed by atoms with Crippen LogP contribution in [0.1, 0.15) is 38.2 Å². The highest BCUT2D eigenvalue weighted by Gasteiger charge is 2.36. The highest BCUT2D eigenvalue weighted by molar-refractivity contribution is 7.89. The van der Waals surface area contributed by atoms with Crippen molar-refractivity contribution in [2.45, 2.75) is 50.0 Å². The van der Waals surface area contributed by atoms with E-state index >= 15 is 0 Å². The molecule has 1 aromatic carbocycles. The van der Waals surface area contributed by atoms with Crippen LogP contribution in [-0.4, -0.2) is 36.4 Å². The smallest absolute Gasteiger partial charge is 0.322 e. The van der Waals surface area contributed by atoms with E-state index < -0.39 is 22.0 Å². The molecule has 0 saturated carbocycles. The van der Waals surface area contributed by atoms with E-state index in [4.69, 9.17) is 0 Å². The maximum absolute atomic E-state index is 12.7. The number of hydrogen-bond acceptors (Lipinski definition) is 3. The van der Waals surface area contributed by atoms with Crippen LogP contribution in [-0.2, 0) is 21.2 Å². The monoisotopic (exact) mass is 311 g/mol. The first-order valence-electron chi connectivity index (χ1n) is 7.30. The fourth-order valence-corrected chi connectivity index (χ4v) is 4.30. The van der Waals surface area contributed by atoms with E-state index in [2.05, 4.69) is 0 Å². The highest BCUT2D eigenvalue weighted by Crippen LogP contribution is 2.25. The first kappa shape index (κ1) is 16.0. The normalized spacial score (nSPS) is 20.9. The minimum absolute atomic E-state index is 0.174. The number of carboxylic acids is 1. The molecule has 1 fully saturated rings. The molecule has 1 atom stereocenters. The van der Waals surface area contributed by atoms with Gasteiger partial charge in [-0.05, 0) is 37.0 Å². The number of benzene rings is 1. The first-order valence-corrected chi connectivity index (χ1v) is 8.74. The Bertz CT molecular complexity index is 595. The summed E-state index contributed by atoms with van der Waals surface area (Å²) in [6.45, 7) is 2.27. The summed E-state index contributed by atoms with van der Waals surface area (Å²) in [6.07, 6.45) is 3.53. The zero-order valence-corrected chi connectivity index (χ0v) is 13.0. The summed E-state index contributed by atoms with van der Waals surface area (Å²) in [5.41, 5.74) is 1.06. The molecule has 1 aliphatic rings. The molecular formula is C15H21NO4S. The molecule has 116 valence electrons. The first-order chi connectivity index (χ1) is 9.96. The third-order valence-electron chi connectivity index (χ3n) is 3.93. The van der Waals surface area contributed by atoms with Crippen LogP contribution in [0.15, 0.2) is 29.2 Å². The molecule has 5 nitrogen and oxygen atoms in total. The quantitative estimate of drug-likeness (QED) is 0.925. The van der Waals surface area contributed by atoms with Crippen LogP contribution in [0.25, 0.3) is 0 Å². The Labute approximate surface area is 125 Å². The van der Waals surface area contributed by atoms with Crippen molar-refractivity contribution in [1.29, 1.82) is 0 Å². The lowest BCUT2D eigenvalue weighted by atomic mass is 10.1. The van der Waals surface area contributed by atoms with Gasteiger partial charge in [-0.1, -0.05) is 31.9 Å². The van der Waals surface area contributed by atoms with Gasteiger partial charge >= 0.3 is 5.97 Å². The van der Waals surface area contributed by atoms with Gasteiger partial charge in [0.2, 0.25) is 10.0 Å². The summed E-state index contributed by atoms with van der Waals surface area (Å²) in [6, 6.07) is 5.74. The molecule has 1 aromatic rings. The van der Waals surface area contributed by atoms with Crippen LogP contribution < -0.4 is 0 Å². The van der Waals surface area contributed by atoms with Crippen LogP contribution in [0.4, 0.5) is 0 Å². The lowest BCUT2D eigenvalue weighted by Gasteiger charge is -2.26. The Hall–Kier alpha value is -1.40. The number of hydrogen-bond donors (Lipinski definition) is 1. The van der Waals surface area contributed by atoms with Crippen molar-refractivity contribution in [1.82, 2.24) is 4.31 Å². The SMILES string of the molecule is CCc1ccc(S(=O)(=O)N2CCCCCC2C(=O)O)cc1. The van der Waals surface area contributed by atoms with Gasteiger partial charge in [-0.15, -0.1) is 0 Å². The van der Waals surface area contributed by atoms with Crippen molar-refractivity contribution in [2.75, 3.05) is 6.54 Å². The predicted octanol–water partition coefficient (Wildman–Crippen LogP) is 2.27. The van der Waals surface area contributed by atoms with E-state index in [9.17, 15) is 18.3 Å². The summed E-state index contributed by atoms with van der Waals surface area (Å²) in [5.74, 6) is -1.06. The zero-order valence-electron chi connectivity index (χ0n) is 12.2. The second kappa shape index (κ2) is 6.58. The maximum Gasteiger partial charge on any atom is 0.322 e. The van der Waals surface area contributed by atoms with Crippen molar-refractivity contribution in [3.8, 4) is 0 Å². The average Bonchev–Trinajstić information content (AvgIpc) is 2.73. The molecule has 21 heavy (non-hydrogen) atoms. The lowest BCUT2D eigenvalue weighted by molar-refractivity contribution is -0.141. The van der Waals surface area contributed by atoms with Crippen LogP contribution in [0.5, 0.6) is 0 Å². The van der Waals surface area contributed by atoms with Gasteiger partial charge in [-0.25, -0.2) is 8.42 Å². The van der Waals surface area contributed by atoms with Crippen molar-refractivity contribution >= 4 is 16.0 Å². The molecule has 1 N–H and O–H groups in total. The van der Waals surface area contributed by atoms with Gasteiger partial charge in [-0.3, -0.25) is 4.79 Å². The van der Waals surface area contributed by atoms with Gasteiger partial charge in [0, 0.05) is 6.54 Å². The molecule has 2 rings (SSSR count). The number of aryl methyl sites for hydroxylation is 1. The van der Waals surface area contributed by atoms with Crippen LogP contribution >= 0.6 is 0 Å². The molecule has 1 saturated heterocycles. The summed E-state index contributed by atoms with van der Waals surface area (Å²) < 4.78 is 26.6. The fraction of sp³-hybridized carbons (Fsp3) is 0.533. The Morgan fingerprint density at radius 2 is 1.90 bits per heavy atom. The van der Waals surface area contributed by atoms with Crippen molar-refractivity contribution < 1.29 is 18.3 Å². The van der Waals surface area contributed by atoms with Gasteiger partial charge < -0.3 is 5.11 Å². The Morgan fingerprint density at radius 1 is 1.24 bits per heavy atom. The molecular weight excluding hydrogens is 290 g/mol. The third-order valence-corrected chi connectivity index (χ3v) is 5.85. The second-order valence-electron chi connectivity index (χ2n) is 5.32. The van der Waals surface area contributed by atoms with Crippen molar-refractivity contribution in [3.05, 3.63) is 29.8 Å². The van der Waals surface area contributed by atoms with E-state index in [0.717, 1.165) is 29.1 Å². The number of carboxylic acid groups (broad SMARTS) is 1. The maximum atomic E-state index is 12.7. The molecule has 0 aromatic heterocycles. The molecule has 1 unspecified atom stereocenters. The lowest BCUT2D eigenvalue weighted by Crippen LogP contribution is -2.44.